The summed E-state index contributed by atoms with van der Waals surface area (Å²) >= 11 is 0. The number of rotatable bonds is 2. The number of aromatic nitrogens is 2. The molecule has 0 spiro atoms. The number of hydrogen-bond donors (Lipinski definition) is 1. The highest BCUT2D eigenvalue weighted by atomic mass is 32.2. The van der Waals surface area contributed by atoms with Crippen LogP contribution in [0.5, 0.6) is 0 Å². The molecule has 3 aliphatic rings. The van der Waals surface area contributed by atoms with Crippen LogP contribution in [0, 0.1) is 12.8 Å². The number of sulfone groups is 1. The summed E-state index contributed by atoms with van der Waals surface area (Å²) in [5.41, 5.74) is 2.11. The van der Waals surface area contributed by atoms with Gasteiger partial charge in [-0.05, 0) is 32.1 Å². The first-order valence-electron chi connectivity index (χ1n) is 9.04. The van der Waals surface area contributed by atoms with Gasteiger partial charge in [0.2, 0.25) is 5.91 Å². The Morgan fingerprint density at radius 1 is 1.17 bits per heavy atom. The molecule has 2 fully saturated rings. The largest absolute Gasteiger partial charge is 0.311 e. The topological polar surface area (TPSA) is 81.1 Å². The number of nitrogens with zero attached hydrogens (tertiary/aromatic N) is 2. The smallest absolute Gasteiger partial charge is 0.226 e. The van der Waals surface area contributed by atoms with E-state index in [0.29, 0.717) is 18.8 Å². The van der Waals surface area contributed by atoms with E-state index >= 15 is 0 Å². The third-order valence-electron chi connectivity index (χ3n) is 5.94. The molecule has 1 N–H and O–H groups in total. The zero-order chi connectivity index (χ0) is 16.9. The molecule has 1 amide bonds. The molecule has 24 heavy (non-hydrogen) atoms. The second-order valence-electron chi connectivity index (χ2n) is 7.61. The van der Waals surface area contributed by atoms with Crippen molar-refractivity contribution in [2.75, 3.05) is 16.8 Å². The summed E-state index contributed by atoms with van der Waals surface area (Å²) in [6, 6.07) is -0.150. The Bertz CT molecular complexity index is 762. The molecular formula is C17H25N3O3S. The van der Waals surface area contributed by atoms with Crippen LogP contribution in [0.15, 0.2) is 0 Å². The van der Waals surface area contributed by atoms with E-state index in [4.69, 9.17) is 0 Å². The van der Waals surface area contributed by atoms with E-state index in [0.717, 1.165) is 17.1 Å². The van der Waals surface area contributed by atoms with Crippen LogP contribution in [0.4, 0.5) is 5.82 Å². The number of nitrogens with one attached hydrogen (secondary N) is 1. The van der Waals surface area contributed by atoms with Gasteiger partial charge in [0.15, 0.2) is 9.84 Å². The summed E-state index contributed by atoms with van der Waals surface area (Å²) in [4.78, 5) is 12.3. The van der Waals surface area contributed by atoms with Crippen LogP contribution in [-0.2, 0) is 14.6 Å². The summed E-state index contributed by atoms with van der Waals surface area (Å²) in [6.45, 7) is 1.99. The molecule has 2 aliphatic heterocycles. The van der Waals surface area contributed by atoms with Gasteiger partial charge < -0.3 is 5.32 Å². The maximum atomic E-state index is 12.3. The van der Waals surface area contributed by atoms with E-state index in [9.17, 15) is 13.2 Å². The summed E-state index contributed by atoms with van der Waals surface area (Å²) in [5.74, 6) is 1.94. The molecule has 1 aromatic heterocycles. The fourth-order valence-electron chi connectivity index (χ4n) is 4.79. The van der Waals surface area contributed by atoms with E-state index in [-0.39, 0.29) is 29.4 Å². The third-order valence-corrected chi connectivity index (χ3v) is 7.69. The molecule has 6 nitrogen and oxygen atoms in total. The van der Waals surface area contributed by atoms with Crippen molar-refractivity contribution in [1.82, 2.24) is 9.78 Å². The standard InChI is InChI=1S/C17H25N3O3S/c1-11-16-14(12-5-3-2-4-6-12)9-15(21)18-17(16)20(19-11)13-7-8-24(22,23)10-13/h12-14H,2-10H2,1H3,(H,18,21)/t13-,14+/m1/s1. The minimum absolute atomic E-state index is 0.0417. The quantitative estimate of drug-likeness (QED) is 0.888. The van der Waals surface area contributed by atoms with E-state index in [1.54, 1.807) is 4.68 Å². The van der Waals surface area contributed by atoms with Crippen LogP contribution in [0.1, 0.15) is 68.2 Å². The van der Waals surface area contributed by atoms with Gasteiger partial charge in [0.05, 0.1) is 23.2 Å². The zero-order valence-corrected chi connectivity index (χ0v) is 14.9. The first-order chi connectivity index (χ1) is 11.4. The van der Waals surface area contributed by atoms with Gasteiger partial charge >= 0.3 is 0 Å². The maximum absolute atomic E-state index is 12.3. The average molecular weight is 351 g/mol. The Kier molecular flexibility index (Phi) is 3.94. The highest BCUT2D eigenvalue weighted by Gasteiger charge is 2.39. The van der Waals surface area contributed by atoms with E-state index in [1.165, 1.54) is 32.1 Å². The molecular weight excluding hydrogens is 326 g/mol. The van der Waals surface area contributed by atoms with Crippen LogP contribution in [-0.4, -0.2) is 35.6 Å². The summed E-state index contributed by atoms with van der Waals surface area (Å²) in [5, 5.41) is 7.65. The molecule has 7 heteroatoms. The molecule has 3 heterocycles. The van der Waals surface area contributed by atoms with Gasteiger partial charge in [0.25, 0.3) is 0 Å². The van der Waals surface area contributed by atoms with Crippen molar-refractivity contribution in [2.24, 2.45) is 5.92 Å². The van der Waals surface area contributed by atoms with Crippen LogP contribution < -0.4 is 5.32 Å². The van der Waals surface area contributed by atoms with E-state index in [2.05, 4.69) is 10.4 Å². The zero-order valence-electron chi connectivity index (χ0n) is 14.1. The fraction of sp³-hybridized carbons (Fsp3) is 0.765. The monoisotopic (exact) mass is 351 g/mol. The number of aryl methyl sites for hydroxylation is 1. The lowest BCUT2D eigenvalue weighted by molar-refractivity contribution is -0.117. The number of hydrogen-bond acceptors (Lipinski definition) is 4. The molecule has 0 bridgehead atoms. The minimum atomic E-state index is -2.98. The average Bonchev–Trinajstić information content (AvgIpc) is 3.07. The summed E-state index contributed by atoms with van der Waals surface area (Å²) in [7, 11) is -2.98. The lowest BCUT2D eigenvalue weighted by Crippen LogP contribution is -2.30. The second-order valence-corrected chi connectivity index (χ2v) is 9.83. The van der Waals surface area contributed by atoms with Gasteiger partial charge in [0, 0.05) is 17.9 Å². The van der Waals surface area contributed by atoms with Crippen molar-refractivity contribution in [1.29, 1.82) is 0 Å². The molecule has 1 aromatic rings. The number of fused-ring (bicyclic) bond motifs is 1. The predicted octanol–water partition coefficient (Wildman–Crippen LogP) is 2.56. The predicted molar refractivity (Wildman–Crippen MR) is 91.8 cm³/mol. The Morgan fingerprint density at radius 3 is 2.58 bits per heavy atom. The lowest BCUT2D eigenvalue weighted by atomic mass is 9.74. The first kappa shape index (κ1) is 16.1. The molecule has 1 saturated carbocycles. The summed E-state index contributed by atoms with van der Waals surface area (Å²) < 4.78 is 25.5. The normalized spacial score (nSPS) is 30.1. The first-order valence-corrected chi connectivity index (χ1v) is 10.9. The summed E-state index contributed by atoms with van der Waals surface area (Å²) in [6.07, 6.45) is 7.26. The maximum Gasteiger partial charge on any atom is 0.226 e. The van der Waals surface area contributed by atoms with Crippen molar-refractivity contribution in [3.63, 3.8) is 0 Å². The van der Waals surface area contributed by atoms with Gasteiger partial charge in [0.1, 0.15) is 5.82 Å². The molecule has 2 atom stereocenters. The van der Waals surface area contributed by atoms with Gasteiger partial charge in [-0.15, -0.1) is 0 Å². The number of carbonyl (C=O) groups is 1. The van der Waals surface area contributed by atoms with Crippen LogP contribution in [0.2, 0.25) is 0 Å². The van der Waals surface area contributed by atoms with Crippen molar-refractivity contribution < 1.29 is 13.2 Å². The SMILES string of the molecule is Cc1nn([C@@H]2CCS(=O)(=O)C2)c2c1[C@H](C1CCCCC1)CC(=O)N2. The Morgan fingerprint density at radius 2 is 1.92 bits per heavy atom. The molecule has 4 rings (SSSR count). The molecule has 1 aliphatic carbocycles. The minimum Gasteiger partial charge on any atom is -0.311 e. The van der Waals surface area contributed by atoms with Crippen LogP contribution in [0.3, 0.4) is 0 Å². The number of anilines is 1. The van der Waals surface area contributed by atoms with E-state index < -0.39 is 9.84 Å². The Balaban J connectivity index is 1.72. The molecule has 0 radical (unpaired) electrons. The molecule has 0 aromatic carbocycles. The van der Waals surface area contributed by atoms with Gasteiger partial charge in [-0.2, -0.15) is 5.10 Å². The van der Waals surface area contributed by atoms with Gasteiger partial charge in [-0.1, -0.05) is 19.3 Å². The van der Waals surface area contributed by atoms with Crippen LogP contribution >= 0.6 is 0 Å². The van der Waals surface area contributed by atoms with Crippen molar-refractivity contribution in [3.05, 3.63) is 11.3 Å². The Labute approximate surface area is 142 Å². The number of amides is 1. The van der Waals surface area contributed by atoms with Crippen molar-refractivity contribution in [2.45, 2.75) is 63.8 Å². The number of carbonyl (C=O) groups excluding carboxylic acids is 1. The lowest BCUT2D eigenvalue weighted by Gasteiger charge is -2.33. The van der Waals surface area contributed by atoms with Gasteiger partial charge in [-0.3, -0.25) is 4.79 Å². The van der Waals surface area contributed by atoms with Gasteiger partial charge in [-0.25, -0.2) is 13.1 Å². The Hall–Kier alpha value is -1.37. The molecule has 0 unspecified atom stereocenters. The molecule has 1 saturated heterocycles. The van der Waals surface area contributed by atoms with Crippen molar-refractivity contribution >= 4 is 21.6 Å². The van der Waals surface area contributed by atoms with Crippen LogP contribution in [0.25, 0.3) is 0 Å². The highest BCUT2D eigenvalue weighted by Crippen LogP contribution is 2.45. The third kappa shape index (κ3) is 2.76. The highest BCUT2D eigenvalue weighted by molar-refractivity contribution is 7.91. The molecule has 132 valence electrons. The van der Waals surface area contributed by atoms with E-state index in [1.807, 2.05) is 6.92 Å². The van der Waals surface area contributed by atoms with Crippen molar-refractivity contribution in [3.8, 4) is 0 Å². The second kappa shape index (κ2) is 5.86. The fourth-order valence-corrected chi connectivity index (χ4v) is 6.48.